The molecule has 0 fully saturated rings. The highest BCUT2D eigenvalue weighted by molar-refractivity contribution is 5.96. The third-order valence-corrected chi connectivity index (χ3v) is 4.29. The lowest BCUT2D eigenvalue weighted by molar-refractivity contribution is 0.414. The number of hydrogen-bond donors (Lipinski definition) is 1. The molecule has 98 valence electrons. The minimum atomic E-state index is 0.436. The first-order valence-electron chi connectivity index (χ1n) is 6.88. The van der Waals surface area contributed by atoms with E-state index in [0.717, 1.165) is 18.8 Å². The third-order valence-electron chi connectivity index (χ3n) is 4.29. The van der Waals surface area contributed by atoms with Crippen molar-refractivity contribution in [2.24, 2.45) is 5.92 Å². The van der Waals surface area contributed by atoms with Crippen LogP contribution in [0.25, 0.3) is 16.5 Å². The Hall–Kier alpha value is -1.74. The summed E-state index contributed by atoms with van der Waals surface area (Å²) in [7, 11) is 1.74. The molecule has 0 saturated carbocycles. The summed E-state index contributed by atoms with van der Waals surface area (Å²) in [6, 6.07) is 6.92. The van der Waals surface area contributed by atoms with Gasteiger partial charge in [0.1, 0.15) is 5.75 Å². The first kappa shape index (κ1) is 11.1. The zero-order valence-corrected chi connectivity index (χ0v) is 11.3. The minimum Gasteiger partial charge on any atom is -0.497 e. The number of rotatable bonds is 1. The number of benzene rings is 1. The summed E-state index contributed by atoms with van der Waals surface area (Å²) >= 11 is 0. The van der Waals surface area contributed by atoms with Crippen molar-refractivity contribution in [1.82, 2.24) is 9.88 Å². The molecule has 0 spiro atoms. The molecular weight excluding hydrogens is 236 g/mol. The smallest absolute Gasteiger partial charge is 0.120 e. The molecule has 2 atom stereocenters. The molecule has 0 bridgehead atoms. The Kier molecular flexibility index (Phi) is 2.27. The monoisotopic (exact) mass is 254 g/mol. The van der Waals surface area contributed by atoms with Crippen molar-refractivity contribution < 1.29 is 4.74 Å². The van der Waals surface area contributed by atoms with Gasteiger partial charge in [0.15, 0.2) is 0 Å². The lowest BCUT2D eigenvalue weighted by atomic mass is 9.87. The Labute approximate surface area is 112 Å². The van der Waals surface area contributed by atoms with Crippen LogP contribution in [0.5, 0.6) is 5.75 Å². The Balaban J connectivity index is 2.02. The van der Waals surface area contributed by atoms with E-state index in [0.29, 0.717) is 12.0 Å². The van der Waals surface area contributed by atoms with E-state index in [2.05, 4.69) is 47.3 Å². The fraction of sp³-hybridized carbons (Fsp3) is 0.375. The van der Waals surface area contributed by atoms with E-state index in [1.807, 2.05) is 0 Å². The fourth-order valence-electron chi connectivity index (χ4n) is 3.37. The van der Waals surface area contributed by atoms with E-state index >= 15 is 0 Å². The second-order valence-corrected chi connectivity index (χ2v) is 5.64. The highest BCUT2D eigenvalue weighted by atomic mass is 16.5. The van der Waals surface area contributed by atoms with Crippen molar-refractivity contribution >= 4 is 16.5 Å². The number of aromatic nitrogens is 1. The molecule has 0 amide bonds. The van der Waals surface area contributed by atoms with Gasteiger partial charge in [0.05, 0.1) is 18.7 Å². The predicted molar refractivity (Wildman–Crippen MR) is 77.4 cm³/mol. The zero-order valence-electron chi connectivity index (χ0n) is 11.3. The van der Waals surface area contributed by atoms with Gasteiger partial charge >= 0.3 is 0 Å². The maximum Gasteiger partial charge on any atom is 0.120 e. The summed E-state index contributed by atoms with van der Waals surface area (Å²) < 4.78 is 7.80. The van der Waals surface area contributed by atoms with Gasteiger partial charge in [-0.1, -0.05) is 13.0 Å². The van der Waals surface area contributed by atoms with Crippen LogP contribution < -0.4 is 10.1 Å². The van der Waals surface area contributed by atoms with Crippen LogP contribution in [-0.2, 0) is 6.54 Å². The van der Waals surface area contributed by atoms with E-state index in [4.69, 9.17) is 4.74 Å². The summed E-state index contributed by atoms with van der Waals surface area (Å²) in [6.45, 7) is 4.36. The first-order valence-corrected chi connectivity index (χ1v) is 6.88. The molecule has 1 aromatic carbocycles. The summed E-state index contributed by atoms with van der Waals surface area (Å²) in [4.78, 5) is 0. The van der Waals surface area contributed by atoms with Crippen LogP contribution in [0.4, 0.5) is 0 Å². The largest absolute Gasteiger partial charge is 0.497 e. The molecule has 0 saturated heterocycles. The highest BCUT2D eigenvalue weighted by Gasteiger charge is 2.28. The maximum atomic E-state index is 5.45. The number of fused-ring (bicyclic) bond motifs is 2. The molecule has 3 nitrogen and oxygen atoms in total. The molecular formula is C16H18N2O. The van der Waals surface area contributed by atoms with E-state index < -0.39 is 0 Å². The predicted octanol–water partition coefficient (Wildman–Crippen LogP) is 2.65. The summed E-state index contributed by atoms with van der Waals surface area (Å²) in [5, 5.41) is 4.92. The number of methoxy groups -OCH3 is 1. The number of hydrogen-bond acceptors (Lipinski definition) is 2. The summed E-state index contributed by atoms with van der Waals surface area (Å²) in [5.74, 6) is 1.54. The van der Waals surface area contributed by atoms with Gasteiger partial charge in [0, 0.05) is 30.2 Å². The fourth-order valence-corrected chi connectivity index (χ4v) is 3.37. The Morgan fingerprint density at radius 3 is 3.11 bits per heavy atom. The molecule has 0 radical (unpaired) electrons. The lowest BCUT2D eigenvalue weighted by Crippen LogP contribution is -2.42. The number of nitrogens with zero attached hydrogens (tertiary/aromatic N) is 1. The van der Waals surface area contributed by atoms with E-state index in [9.17, 15) is 0 Å². The standard InChI is InChI=1S/C16H18N2O/c1-10-5-13-14-7-12(19-2)6-11-3-4-18(16(11)14)9-15(13)17-8-10/h3-7,10,15,17H,8-9H2,1-2H3. The molecule has 4 rings (SSSR count). The number of ether oxygens (including phenoxy) is 1. The van der Waals surface area contributed by atoms with Crippen LogP contribution >= 0.6 is 0 Å². The molecule has 0 aliphatic carbocycles. The Morgan fingerprint density at radius 1 is 1.37 bits per heavy atom. The SMILES string of the molecule is COc1cc2c3c(ccn3CC3NCC(C)C=C23)c1. The van der Waals surface area contributed by atoms with Crippen LogP contribution in [0, 0.1) is 5.92 Å². The molecule has 1 aromatic heterocycles. The molecule has 2 aliphatic rings. The van der Waals surface area contributed by atoms with Crippen molar-refractivity contribution in [1.29, 1.82) is 0 Å². The van der Waals surface area contributed by atoms with Gasteiger partial charge in [0.25, 0.3) is 0 Å². The summed E-state index contributed by atoms with van der Waals surface area (Å²) in [6.07, 6.45) is 4.61. The summed E-state index contributed by atoms with van der Waals surface area (Å²) in [5.41, 5.74) is 4.11. The van der Waals surface area contributed by atoms with Crippen molar-refractivity contribution in [3.05, 3.63) is 36.0 Å². The van der Waals surface area contributed by atoms with Crippen LogP contribution in [0.3, 0.4) is 0 Å². The molecule has 2 aromatic rings. The van der Waals surface area contributed by atoms with Crippen LogP contribution in [-0.4, -0.2) is 24.3 Å². The molecule has 3 heteroatoms. The van der Waals surface area contributed by atoms with Crippen molar-refractivity contribution in [3.8, 4) is 5.75 Å². The lowest BCUT2D eigenvalue weighted by Gasteiger charge is -2.34. The Bertz CT molecular complexity index is 683. The van der Waals surface area contributed by atoms with E-state index in [1.165, 1.54) is 22.0 Å². The first-order chi connectivity index (χ1) is 9.26. The highest BCUT2D eigenvalue weighted by Crippen LogP contribution is 2.38. The topological polar surface area (TPSA) is 26.2 Å². The molecule has 2 unspecified atom stereocenters. The van der Waals surface area contributed by atoms with Crippen molar-refractivity contribution in [2.45, 2.75) is 19.5 Å². The zero-order chi connectivity index (χ0) is 13.0. The van der Waals surface area contributed by atoms with Crippen molar-refractivity contribution in [2.75, 3.05) is 13.7 Å². The maximum absolute atomic E-state index is 5.45. The van der Waals surface area contributed by atoms with Crippen LogP contribution in [0.15, 0.2) is 30.5 Å². The van der Waals surface area contributed by atoms with Gasteiger partial charge in [-0.3, -0.25) is 0 Å². The average molecular weight is 254 g/mol. The van der Waals surface area contributed by atoms with Gasteiger partial charge < -0.3 is 14.6 Å². The van der Waals surface area contributed by atoms with E-state index in [-0.39, 0.29) is 0 Å². The molecule has 19 heavy (non-hydrogen) atoms. The quantitative estimate of drug-likeness (QED) is 0.846. The van der Waals surface area contributed by atoms with Crippen LogP contribution in [0.2, 0.25) is 0 Å². The van der Waals surface area contributed by atoms with E-state index in [1.54, 1.807) is 7.11 Å². The molecule has 3 heterocycles. The average Bonchev–Trinajstić information content (AvgIpc) is 2.83. The van der Waals surface area contributed by atoms with Gasteiger partial charge in [-0.15, -0.1) is 0 Å². The third kappa shape index (κ3) is 1.55. The second kappa shape index (κ2) is 3.87. The van der Waals surface area contributed by atoms with Crippen LogP contribution in [0.1, 0.15) is 12.5 Å². The molecule has 1 N–H and O–H groups in total. The van der Waals surface area contributed by atoms with Gasteiger partial charge in [-0.2, -0.15) is 0 Å². The second-order valence-electron chi connectivity index (χ2n) is 5.64. The normalized spacial score (nSPS) is 25.1. The van der Waals surface area contributed by atoms with Crippen molar-refractivity contribution in [3.63, 3.8) is 0 Å². The Morgan fingerprint density at radius 2 is 2.26 bits per heavy atom. The van der Waals surface area contributed by atoms with Gasteiger partial charge in [-0.25, -0.2) is 0 Å². The van der Waals surface area contributed by atoms with Gasteiger partial charge in [-0.05, 0) is 29.7 Å². The minimum absolute atomic E-state index is 0.436. The molecule has 2 aliphatic heterocycles. The number of nitrogens with one attached hydrogen (secondary N) is 1. The van der Waals surface area contributed by atoms with Gasteiger partial charge in [0.2, 0.25) is 0 Å².